The predicted molar refractivity (Wildman–Crippen MR) is 85.3 cm³/mol. The van der Waals surface area contributed by atoms with Crippen LogP contribution in [0.1, 0.15) is 29.6 Å². The number of nitrogens with two attached hydrogens (primary N) is 1. The first-order valence-electron chi connectivity index (χ1n) is 7.22. The third-order valence-electron chi connectivity index (χ3n) is 3.67. The number of aryl methyl sites for hydroxylation is 1. The lowest BCUT2D eigenvalue weighted by Crippen LogP contribution is -2.30. The van der Waals surface area contributed by atoms with Crippen LogP contribution in [0.4, 0.5) is 11.9 Å². The van der Waals surface area contributed by atoms with Crippen molar-refractivity contribution in [3.05, 3.63) is 28.2 Å². The Bertz CT molecular complexity index is 559. The summed E-state index contributed by atoms with van der Waals surface area (Å²) in [4.78, 5) is 16.3. The zero-order chi connectivity index (χ0) is 14.7. The lowest BCUT2D eigenvalue weighted by Gasteiger charge is -2.26. The van der Waals surface area contributed by atoms with Gasteiger partial charge in [-0.15, -0.1) is 11.3 Å². The van der Waals surface area contributed by atoms with Crippen LogP contribution in [0, 0.1) is 6.92 Å². The smallest absolute Gasteiger partial charge is 0.227 e. The van der Waals surface area contributed by atoms with Gasteiger partial charge in [0.15, 0.2) is 0 Å². The Morgan fingerprint density at radius 2 is 2.14 bits per heavy atom. The zero-order valence-electron chi connectivity index (χ0n) is 12.1. The third-order valence-corrected chi connectivity index (χ3v) is 4.64. The molecule has 3 N–H and O–H groups in total. The second-order valence-corrected chi connectivity index (χ2v) is 6.20. The number of thiophene rings is 1. The zero-order valence-corrected chi connectivity index (χ0v) is 12.9. The number of likely N-dealkylation sites (tertiary alicyclic amines) is 1. The van der Waals surface area contributed by atoms with Crippen LogP contribution in [-0.2, 0) is 0 Å². The van der Waals surface area contributed by atoms with Crippen molar-refractivity contribution < 1.29 is 0 Å². The fraction of sp³-hybridized carbons (Fsp3) is 0.500. The Hall–Kier alpha value is -1.73. The van der Waals surface area contributed by atoms with E-state index in [0.29, 0.717) is 17.8 Å². The van der Waals surface area contributed by atoms with Gasteiger partial charge >= 0.3 is 0 Å². The molecule has 1 atom stereocenters. The minimum atomic E-state index is 0.263. The third kappa shape index (κ3) is 3.48. The molecule has 21 heavy (non-hydrogen) atoms. The van der Waals surface area contributed by atoms with Gasteiger partial charge in [-0.05, 0) is 44.3 Å². The topological polar surface area (TPSA) is 80.0 Å². The molecule has 1 unspecified atom stereocenters. The van der Waals surface area contributed by atoms with Gasteiger partial charge in [-0.1, -0.05) is 6.07 Å². The summed E-state index contributed by atoms with van der Waals surface area (Å²) in [6.07, 6.45) is 2.55. The van der Waals surface area contributed by atoms with Crippen molar-refractivity contribution in [1.29, 1.82) is 0 Å². The highest BCUT2D eigenvalue weighted by molar-refractivity contribution is 7.10. The highest BCUT2D eigenvalue weighted by Crippen LogP contribution is 2.28. The number of aromatic nitrogens is 3. The lowest BCUT2D eigenvalue weighted by molar-refractivity contribution is 0.259. The summed E-state index contributed by atoms with van der Waals surface area (Å²) >= 11 is 1.80. The minimum Gasteiger partial charge on any atom is -0.368 e. The monoisotopic (exact) mass is 304 g/mol. The summed E-state index contributed by atoms with van der Waals surface area (Å²) in [6, 6.07) is 4.67. The minimum absolute atomic E-state index is 0.263. The van der Waals surface area contributed by atoms with E-state index in [0.717, 1.165) is 19.6 Å². The molecule has 3 heterocycles. The summed E-state index contributed by atoms with van der Waals surface area (Å²) in [7, 11) is 0. The number of hydrogen-bond donors (Lipinski definition) is 2. The average Bonchev–Trinajstić information content (AvgIpc) is 3.10. The van der Waals surface area contributed by atoms with E-state index in [1.165, 1.54) is 17.7 Å². The molecule has 2 aromatic rings. The average molecular weight is 304 g/mol. The Kier molecular flexibility index (Phi) is 4.31. The maximum atomic E-state index is 5.67. The fourth-order valence-electron chi connectivity index (χ4n) is 2.71. The first kappa shape index (κ1) is 14.2. The molecule has 1 fully saturated rings. The van der Waals surface area contributed by atoms with Crippen molar-refractivity contribution in [3.63, 3.8) is 0 Å². The highest BCUT2D eigenvalue weighted by Gasteiger charge is 2.24. The number of anilines is 2. The fourth-order valence-corrected chi connectivity index (χ4v) is 3.57. The number of nitrogens with zero attached hydrogens (tertiary/aromatic N) is 4. The molecule has 0 saturated carbocycles. The number of nitrogen functional groups attached to an aromatic ring is 1. The molecular formula is C14H20N6S. The summed E-state index contributed by atoms with van der Waals surface area (Å²) in [6.45, 7) is 4.91. The number of rotatable bonds is 5. The molecule has 1 aliphatic rings. The lowest BCUT2D eigenvalue weighted by atomic mass is 10.2. The van der Waals surface area contributed by atoms with Crippen LogP contribution in [-0.4, -0.2) is 39.5 Å². The maximum absolute atomic E-state index is 5.67. The molecule has 1 saturated heterocycles. The van der Waals surface area contributed by atoms with Crippen LogP contribution in [0.15, 0.2) is 17.5 Å². The van der Waals surface area contributed by atoms with Crippen LogP contribution in [0.3, 0.4) is 0 Å². The molecule has 3 rings (SSSR count). The van der Waals surface area contributed by atoms with E-state index in [2.05, 4.69) is 42.7 Å². The van der Waals surface area contributed by atoms with Crippen LogP contribution in [0.25, 0.3) is 0 Å². The Morgan fingerprint density at radius 1 is 1.33 bits per heavy atom. The molecule has 112 valence electrons. The second kappa shape index (κ2) is 6.36. The van der Waals surface area contributed by atoms with Gasteiger partial charge in [-0.25, -0.2) is 0 Å². The molecule has 1 aliphatic heterocycles. The number of nitrogens with one attached hydrogen (secondary N) is 1. The van der Waals surface area contributed by atoms with E-state index in [9.17, 15) is 0 Å². The van der Waals surface area contributed by atoms with E-state index < -0.39 is 0 Å². The van der Waals surface area contributed by atoms with Gasteiger partial charge < -0.3 is 11.1 Å². The maximum Gasteiger partial charge on any atom is 0.227 e. The summed E-state index contributed by atoms with van der Waals surface area (Å²) in [5.41, 5.74) is 5.67. The van der Waals surface area contributed by atoms with Crippen LogP contribution in [0.2, 0.25) is 0 Å². The van der Waals surface area contributed by atoms with E-state index in [4.69, 9.17) is 5.73 Å². The quantitative estimate of drug-likeness (QED) is 0.880. The normalized spacial score (nSPS) is 17.0. The molecule has 0 aliphatic carbocycles. The molecule has 2 aromatic heterocycles. The van der Waals surface area contributed by atoms with Crippen molar-refractivity contribution in [1.82, 2.24) is 19.9 Å². The second-order valence-electron chi connectivity index (χ2n) is 5.22. The van der Waals surface area contributed by atoms with E-state index in [1.807, 2.05) is 6.92 Å². The van der Waals surface area contributed by atoms with E-state index in [1.54, 1.807) is 11.3 Å². The van der Waals surface area contributed by atoms with Crippen LogP contribution < -0.4 is 11.1 Å². The van der Waals surface area contributed by atoms with Crippen molar-refractivity contribution in [2.24, 2.45) is 0 Å². The standard InChI is InChI=1S/C14H20N6S/c1-10-17-13(15)19-14(18-10)16-9-11(12-5-4-8-21-12)20-6-2-3-7-20/h4-5,8,11H,2-3,6-7,9H2,1H3,(H3,15,16,17,18,19). The summed E-state index contributed by atoms with van der Waals surface area (Å²) in [5, 5.41) is 5.44. The molecule has 0 radical (unpaired) electrons. The van der Waals surface area contributed by atoms with E-state index >= 15 is 0 Å². The summed E-state index contributed by atoms with van der Waals surface area (Å²) < 4.78 is 0. The van der Waals surface area contributed by atoms with Gasteiger partial charge in [0.05, 0.1) is 6.04 Å². The molecule has 6 nitrogen and oxygen atoms in total. The first-order chi connectivity index (χ1) is 10.2. The van der Waals surface area contributed by atoms with Crippen LogP contribution >= 0.6 is 11.3 Å². The molecule has 7 heteroatoms. The van der Waals surface area contributed by atoms with Crippen molar-refractivity contribution >= 4 is 23.2 Å². The van der Waals surface area contributed by atoms with E-state index in [-0.39, 0.29) is 5.95 Å². The Morgan fingerprint density at radius 3 is 2.81 bits per heavy atom. The Balaban J connectivity index is 1.72. The highest BCUT2D eigenvalue weighted by atomic mass is 32.1. The SMILES string of the molecule is Cc1nc(N)nc(NCC(c2cccs2)N2CCCC2)n1. The van der Waals surface area contributed by atoms with Gasteiger partial charge in [0.2, 0.25) is 11.9 Å². The van der Waals surface area contributed by atoms with Crippen molar-refractivity contribution in [2.75, 3.05) is 30.7 Å². The van der Waals surface area contributed by atoms with Crippen molar-refractivity contribution in [2.45, 2.75) is 25.8 Å². The first-order valence-corrected chi connectivity index (χ1v) is 8.10. The number of hydrogen-bond acceptors (Lipinski definition) is 7. The Labute approximate surface area is 128 Å². The van der Waals surface area contributed by atoms with Crippen molar-refractivity contribution in [3.8, 4) is 0 Å². The van der Waals surface area contributed by atoms with Gasteiger partial charge in [0, 0.05) is 11.4 Å². The predicted octanol–water partition coefficient (Wildman–Crippen LogP) is 2.07. The van der Waals surface area contributed by atoms with Crippen LogP contribution in [0.5, 0.6) is 0 Å². The largest absolute Gasteiger partial charge is 0.368 e. The van der Waals surface area contributed by atoms with Gasteiger partial charge in [-0.2, -0.15) is 15.0 Å². The van der Waals surface area contributed by atoms with Gasteiger partial charge in [-0.3, -0.25) is 4.90 Å². The molecule has 0 amide bonds. The molecular weight excluding hydrogens is 284 g/mol. The van der Waals surface area contributed by atoms with Gasteiger partial charge in [0.1, 0.15) is 5.82 Å². The summed E-state index contributed by atoms with van der Waals surface area (Å²) in [5.74, 6) is 1.46. The molecule has 0 aromatic carbocycles. The molecule has 0 spiro atoms. The molecule has 0 bridgehead atoms. The van der Waals surface area contributed by atoms with Gasteiger partial charge in [0.25, 0.3) is 0 Å².